The van der Waals surface area contributed by atoms with E-state index in [0.29, 0.717) is 5.92 Å². The maximum atomic E-state index is 6.06. The number of allylic oxidation sites excluding steroid dienone is 1. The topological polar surface area (TPSA) is 26.0 Å². The van der Waals surface area contributed by atoms with Crippen molar-refractivity contribution in [3.05, 3.63) is 42.0 Å². The predicted molar refractivity (Wildman–Crippen MR) is 88.9 cm³/mol. The molecule has 1 aliphatic carbocycles. The molecule has 3 atom stereocenters. The fourth-order valence-electron chi connectivity index (χ4n) is 4.18. The molecule has 0 amide bonds. The number of aryl methyl sites for hydroxylation is 1. The van der Waals surface area contributed by atoms with E-state index in [2.05, 4.69) is 52.5 Å². The summed E-state index contributed by atoms with van der Waals surface area (Å²) in [6.07, 6.45) is 6.89. The normalized spacial score (nSPS) is 28.5. The number of nitrogen functional groups attached to an aromatic ring is 1. The highest BCUT2D eigenvalue weighted by Gasteiger charge is 2.46. The fraction of sp³-hybridized carbons (Fsp3) is 0.579. The zero-order valence-corrected chi connectivity index (χ0v) is 13.5. The summed E-state index contributed by atoms with van der Waals surface area (Å²) in [7, 11) is 0. The molecule has 1 nitrogen and oxygen atoms in total. The average Bonchev–Trinajstić information content (AvgIpc) is 2.47. The van der Waals surface area contributed by atoms with Crippen molar-refractivity contribution in [2.75, 3.05) is 5.73 Å². The van der Waals surface area contributed by atoms with Crippen LogP contribution in [0.15, 0.2) is 30.9 Å². The summed E-state index contributed by atoms with van der Waals surface area (Å²) >= 11 is 0. The molecule has 1 aromatic carbocycles. The van der Waals surface area contributed by atoms with Gasteiger partial charge < -0.3 is 5.73 Å². The predicted octanol–water partition coefficient (Wildman–Crippen LogP) is 5.10. The Morgan fingerprint density at radius 3 is 2.70 bits per heavy atom. The highest BCUT2D eigenvalue weighted by molar-refractivity contribution is 5.49. The van der Waals surface area contributed by atoms with Gasteiger partial charge in [-0.3, -0.25) is 0 Å². The number of benzene rings is 1. The minimum atomic E-state index is 0.196. The molecule has 20 heavy (non-hydrogen) atoms. The Kier molecular flexibility index (Phi) is 4.00. The Balaban J connectivity index is 2.57. The van der Waals surface area contributed by atoms with Gasteiger partial charge in [0.15, 0.2) is 0 Å². The molecule has 1 aromatic rings. The Labute approximate surface area is 124 Å². The highest BCUT2D eigenvalue weighted by atomic mass is 14.6. The highest BCUT2D eigenvalue weighted by Crippen LogP contribution is 2.53. The smallest absolute Gasteiger partial charge is 0.0317 e. The number of rotatable bonds is 4. The summed E-state index contributed by atoms with van der Waals surface area (Å²) in [6.45, 7) is 13.5. The Morgan fingerprint density at radius 1 is 1.45 bits per heavy atom. The van der Waals surface area contributed by atoms with Gasteiger partial charge in [-0.1, -0.05) is 39.8 Å². The second kappa shape index (κ2) is 5.27. The van der Waals surface area contributed by atoms with Gasteiger partial charge >= 0.3 is 0 Å². The molecule has 0 aromatic heterocycles. The Morgan fingerprint density at radius 2 is 2.15 bits per heavy atom. The van der Waals surface area contributed by atoms with Crippen molar-refractivity contribution in [1.29, 1.82) is 0 Å². The third-order valence-electron chi connectivity index (χ3n) is 5.98. The molecule has 0 saturated carbocycles. The lowest BCUT2D eigenvalue weighted by Gasteiger charge is -2.50. The molecular formula is C19H29N. The van der Waals surface area contributed by atoms with Crippen LogP contribution in [0.4, 0.5) is 5.69 Å². The van der Waals surface area contributed by atoms with Crippen LogP contribution in [0.5, 0.6) is 0 Å². The minimum Gasteiger partial charge on any atom is -0.399 e. The second-order valence-corrected chi connectivity index (χ2v) is 6.84. The van der Waals surface area contributed by atoms with Crippen LogP contribution < -0.4 is 5.73 Å². The van der Waals surface area contributed by atoms with E-state index in [0.717, 1.165) is 18.5 Å². The molecule has 0 aliphatic heterocycles. The van der Waals surface area contributed by atoms with Crippen LogP contribution in [0.1, 0.15) is 58.1 Å². The molecule has 110 valence electrons. The summed E-state index contributed by atoms with van der Waals surface area (Å²) in [6, 6.07) is 6.48. The third kappa shape index (κ3) is 2.17. The molecule has 2 N–H and O–H groups in total. The average molecular weight is 271 g/mol. The van der Waals surface area contributed by atoms with E-state index >= 15 is 0 Å². The lowest BCUT2D eigenvalue weighted by molar-refractivity contribution is 0.114. The van der Waals surface area contributed by atoms with Gasteiger partial charge in [0.2, 0.25) is 0 Å². The van der Waals surface area contributed by atoms with Crippen LogP contribution in [0.2, 0.25) is 0 Å². The summed E-state index contributed by atoms with van der Waals surface area (Å²) in [5.74, 6) is 0.636. The Bertz CT molecular complexity index is 504. The lowest BCUT2D eigenvalue weighted by atomic mass is 9.54. The fourth-order valence-corrected chi connectivity index (χ4v) is 4.18. The summed E-state index contributed by atoms with van der Waals surface area (Å²) in [5.41, 5.74) is 10.3. The number of nitrogens with two attached hydrogens (primary N) is 1. The molecule has 2 unspecified atom stereocenters. The van der Waals surface area contributed by atoms with Gasteiger partial charge in [-0.15, -0.1) is 6.58 Å². The van der Waals surface area contributed by atoms with Crippen LogP contribution in [-0.2, 0) is 11.8 Å². The first kappa shape index (κ1) is 15.2. The summed E-state index contributed by atoms with van der Waals surface area (Å²) in [5, 5.41) is 0. The number of fused-ring (bicyclic) bond motifs is 1. The van der Waals surface area contributed by atoms with E-state index in [1.807, 2.05) is 6.07 Å². The SMILES string of the molecule is C=C[C@@](C)(CC)C1CCc2ccc(N)cc2C1(C)CC. The molecule has 1 heteroatoms. The third-order valence-corrected chi connectivity index (χ3v) is 5.98. The van der Waals surface area contributed by atoms with Gasteiger partial charge in [-0.25, -0.2) is 0 Å². The van der Waals surface area contributed by atoms with Gasteiger partial charge in [0, 0.05) is 5.69 Å². The van der Waals surface area contributed by atoms with Crippen molar-refractivity contribution in [3.8, 4) is 0 Å². The molecule has 0 radical (unpaired) electrons. The van der Waals surface area contributed by atoms with Crippen LogP contribution >= 0.6 is 0 Å². The van der Waals surface area contributed by atoms with Crippen LogP contribution in [0, 0.1) is 11.3 Å². The van der Waals surface area contributed by atoms with Crippen LogP contribution in [0.25, 0.3) is 0 Å². The minimum absolute atomic E-state index is 0.196. The lowest BCUT2D eigenvalue weighted by Crippen LogP contribution is -2.44. The second-order valence-electron chi connectivity index (χ2n) is 6.84. The Hall–Kier alpha value is -1.24. The molecule has 0 fully saturated rings. The van der Waals surface area contributed by atoms with Gasteiger partial charge in [-0.2, -0.15) is 0 Å². The molecule has 0 heterocycles. The maximum Gasteiger partial charge on any atom is 0.0317 e. The van der Waals surface area contributed by atoms with E-state index < -0.39 is 0 Å². The first-order valence-electron chi connectivity index (χ1n) is 7.93. The molecule has 0 saturated heterocycles. The van der Waals surface area contributed by atoms with Crippen molar-refractivity contribution >= 4 is 5.69 Å². The largest absolute Gasteiger partial charge is 0.399 e. The number of anilines is 1. The first-order chi connectivity index (χ1) is 9.41. The molecular weight excluding hydrogens is 242 g/mol. The van der Waals surface area contributed by atoms with Crippen molar-refractivity contribution in [2.24, 2.45) is 11.3 Å². The maximum absolute atomic E-state index is 6.06. The molecule has 0 bridgehead atoms. The monoisotopic (exact) mass is 271 g/mol. The summed E-state index contributed by atoms with van der Waals surface area (Å²) in [4.78, 5) is 0. The zero-order valence-electron chi connectivity index (χ0n) is 13.5. The van der Waals surface area contributed by atoms with E-state index in [-0.39, 0.29) is 10.8 Å². The molecule has 0 spiro atoms. The standard InChI is InChI=1S/C19H29N/c1-6-18(4,7-2)17-12-10-14-9-11-15(20)13-16(14)19(17,5)8-3/h6,9,11,13,17H,1,7-8,10,12,20H2,2-5H3/t17?,18-,19?/m0/s1. The van der Waals surface area contributed by atoms with Gasteiger partial charge in [0.25, 0.3) is 0 Å². The quantitative estimate of drug-likeness (QED) is 0.598. The number of hydrogen-bond donors (Lipinski definition) is 1. The van der Waals surface area contributed by atoms with Crippen molar-refractivity contribution in [1.82, 2.24) is 0 Å². The first-order valence-corrected chi connectivity index (χ1v) is 7.93. The van der Waals surface area contributed by atoms with Gasteiger partial charge in [0.1, 0.15) is 0 Å². The summed E-state index contributed by atoms with van der Waals surface area (Å²) < 4.78 is 0. The van der Waals surface area contributed by atoms with Gasteiger partial charge in [0.05, 0.1) is 0 Å². The van der Waals surface area contributed by atoms with E-state index in [4.69, 9.17) is 5.73 Å². The zero-order chi connectivity index (χ0) is 15.0. The van der Waals surface area contributed by atoms with E-state index in [1.54, 1.807) is 0 Å². The van der Waals surface area contributed by atoms with Crippen LogP contribution in [-0.4, -0.2) is 0 Å². The van der Waals surface area contributed by atoms with Crippen molar-refractivity contribution in [3.63, 3.8) is 0 Å². The molecule has 2 rings (SSSR count). The van der Waals surface area contributed by atoms with E-state index in [9.17, 15) is 0 Å². The van der Waals surface area contributed by atoms with Crippen molar-refractivity contribution in [2.45, 2.75) is 58.8 Å². The van der Waals surface area contributed by atoms with E-state index in [1.165, 1.54) is 24.0 Å². The molecule has 1 aliphatic rings. The number of hydrogen-bond acceptors (Lipinski definition) is 1. The van der Waals surface area contributed by atoms with Crippen LogP contribution in [0.3, 0.4) is 0 Å². The van der Waals surface area contributed by atoms with Gasteiger partial charge in [-0.05, 0) is 65.7 Å². The van der Waals surface area contributed by atoms with Crippen molar-refractivity contribution < 1.29 is 0 Å².